The maximum Gasteiger partial charge on any atom is 0.366 e. The van der Waals surface area contributed by atoms with Crippen molar-refractivity contribution in [2.24, 2.45) is 0 Å². The van der Waals surface area contributed by atoms with Crippen molar-refractivity contribution in [2.45, 2.75) is 70.0 Å². The highest BCUT2D eigenvalue weighted by Gasteiger charge is 2.34. The summed E-state index contributed by atoms with van der Waals surface area (Å²) < 4.78 is 9.90. The van der Waals surface area contributed by atoms with E-state index in [1.165, 1.54) is 0 Å². The molecule has 1 aliphatic heterocycles. The first-order valence-electron chi connectivity index (χ1n) is 7.80. The molecule has 6 heteroatoms. The van der Waals surface area contributed by atoms with Crippen LogP contribution in [0.15, 0.2) is 0 Å². The Kier molecular flexibility index (Phi) is 8.30. The standard InChI is InChI=1S/C15H26O6/c16-13-9-8-10-15(18,19)14(17)21-12-7-5-3-1-2-4-6-11-20-13/h18-19H,1-12H2. The van der Waals surface area contributed by atoms with Gasteiger partial charge in [0.1, 0.15) is 0 Å². The lowest BCUT2D eigenvalue weighted by Gasteiger charge is -2.19. The molecule has 1 heterocycles. The van der Waals surface area contributed by atoms with Crippen molar-refractivity contribution in [1.82, 2.24) is 0 Å². The topological polar surface area (TPSA) is 93.1 Å². The Bertz CT molecular complexity index is 326. The van der Waals surface area contributed by atoms with Crippen LogP contribution in [0.5, 0.6) is 0 Å². The molecule has 0 aliphatic carbocycles. The van der Waals surface area contributed by atoms with E-state index in [1.54, 1.807) is 0 Å². The minimum absolute atomic E-state index is 0.0656. The van der Waals surface area contributed by atoms with Gasteiger partial charge in [-0.2, -0.15) is 0 Å². The SMILES string of the molecule is O=C1CCCC(O)(O)C(=O)OCCCCCCCCCO1. The van der Waals surface area contributed by atoms with Crippen LogP contribution in [0, 0.1) is 0 Å². The van der Waals surface area contributed by atoms with Crippen LogP contribution in [0.2, 0.25) is 0 Å². The van der Waals surface area contributed by atoms with E-state index in [4.69, 9.17) is 9.47 Å². The normalized spacial score (nSPS) is 23.7. The lowest BCUT2D eigenvalue weighted by molar-refractivity contribution is -0.212. The molecule has 21 heavy (non-hydrogen) atoms. The van der Waals surface area contributed by atoms with Gasteiger partial charge in [0.05, 0.1) is 13.2 Å². The van der Waals surface area contributed by atoms with Crippen LogP contribution in [-0.2, 0) is 19.1 Å². The second kappa shape index (κ2) is 9.73. The molecule has 0 aromatic rings. The fourth-order valence-corrected chi connectivity index (χ4v) is 2.21. The molecule has 0 radical (unpaired) electrons. The fourth-order valence-electron chi connectivity index (χ4n) is 2.21. The van der Waals surface area contributed by atoms with E-state index >= 15 is 0 Å². The zero-order valence-electron chi connectivity index (χ0n) is 12.5. The Hall–Kier alpha value is -1.14. The average molecular weight is 302 g/mol. The van der Waals surface area contributed by atoms with Gasteiger partial charge < -0.3 is 19.7 Å². The molecule has 1 aliphatic rings. The third kappa shape index (κ3) is 8.02. The summed E-state index contributed by atoms with van der Waals surface area (Å²) >= 11 is 0. The zero-order valence-corrected chi connectivity index (χ0v) is 12.5. The molecule has 0 spiro atoms. The van der Waals surface area contributed by atoms with Crippen molar-refractivity contribution in [2.75, 3.05) is 13.2 Å². The maximum absolute atomic E-state index is 11.5. The number of aliphatic hydroxyl groups is 2. The molecule has 0 aromatic heterocycles. The molecule has 1 saturated heterocycles. The number of carbonyl (C=O) groups excluding carboxylic acids is 2. The molecule has 0 bridgehead atoms. The molecule has 0 atom stereocenters. The van der Waals surface area contributed by atoms with Crippen LogP contribution in [0.3, 0.4) is 0 Å². The van der Waals surface area contributed by atoms with Crippen LogP contribution in [0.25, 0.3) is 0 Å². The summed E-state index contributed by atoms with van der Waals surface area (Å²) in [6.07, 6.45) is 6.84. The first kappa shape index (κ1) is 17.9. The van der Waals surface area contributed by atoms with Crippen molar-refractivity contribution >= 4 is 11.9 Å². The molecule has 0 amide bonds. The van der Waals surface area contributed by atoms with E-state index in [0.29, 0.717) is 6.61 Å². The van der Waals surface area contributed by atoms with Crippen molar-refractivity contribution in [3.8, 4) is 0 Å². The van der Waals surface area contributed by atoms with E-state index in [0.717, 1.165) is 44.9 Å². The number of cyclic esters (lactones) is 2. The summed E-state index contributed by atoms with van der Waals surface area (Å²) in [6, 6.07) is 0. The molecular formula is C15H26O6. The summed E-state index contributed by atoms with van der Waals surface area (Å²) in [5.74, 6) is -3.93. The van der Waals surface area contributed by atoms with Gasteiger partial charge in [-0.1, -0.05) is 32.1 Å². The first-order valence-corrected chi connectivity index (χ1v) is 7.80. The van der Waals surface area contributed by atoms with Crippen LogP contribution in [0.4, 0.5) is 0 Å². The minimum Gasteiger partial charge on any atom is -0.466 e. The number of hydrogen-bond acceptors (Lipinski definition) is 6. The summed E-state index contributed by atoms with van der Waals surface area (Å²) in [5.41, 5.74) is 0. The number of hydrogen-bond donors (Lipinski definition) is 2. The molecule has 0 unspecified atom stereocenters. The average Bonchev–Trinajstić information content (AvgIpc) is 2.43. The summed E-state index contributed by atoms with van der Waals surface area (Å²) in [5, 5.41) is 19.2. The molecule has 1 fully saturated rings. The largest absolute Gasteiger partial charge is 0.466 e. The maximum atomic E-state index is 11.5. The Morgan fingerprint density at radius 3 is 1.90 bits per heavy atom. The predicted octanol–water partition coefficient (Wildman–Crippen LogP) is 1.67. The van der Waals surface area contributed by atoms with Gasteiger partial charge in [0.25, 0.3) is 5.79 Å². The quantitative estimate of drug-likeness (QED) is 0.522. The Morgan fingerprint density at radius 2 is 1.29 bits per heavy atom. The fraction of sp³-hybridized carbons (Fsp3) is 0.867. The highest BCUT2D eigenvalue weighted by atomic mass is 16.6. The third-order valence-corrected chi connectivity index (χ3v) is 3.52. The van der Waals surface area contributed by atoms with Gasteiger partial charge in [-0.3, -0.25) is 4.79 Å². The van der Waals surface area contributed by atoms with E-state index in [1.807, 2.05) is 0 Å². The van der Waals surface area contributed by atoms with Gasteiger partial charge in [-0.25, -0.2) is 4.79 Å². The summed E-state index contributed by atoms with van der Waals surface area (Å²) in [7, 11) is 0. The number of rotatable bonds is 0. The van der Waals surface area contributed by atoms with Gasteiger partial charge in [-0.15, -0.1) is 0 Å². The minimum atomic E-state index is -2.52. The van der Waals surface area contributed by atoms with Gasteiger partial charge in [0.15, 0.2) is 0 Å². The molecular weight excluding hydrogens is 276 g/mol. The monoisotopic (exact) mass is 302 g/mol. The van der Waals surface area contributed by atoms with Gasteiger partial charge in [-0.05, 0) is 19.3 Å². The van der Waals surface area contributed by atoms with Crippen molar-refractivity contribution in [1.29, 1.82) is 0 Å². The lowest BCUT2D eigenvalue weighted by Crippen LogP contribution is -2.40. The Balaban J connectivity index is 2.43. The molecule has 2 N–H and O–H groups in total. The molecule has 1 rings (SSSR count). The highest BCUT2D eigenvalue weighted by Crippen LogP contribution is 2.15. The number of ether oxygens (including phenoxy) is 2. The van der Waals surface area contributed by atoms with Crippen LogP contribution in [0.1, 0.15) is 64.2 Å². The van der Waals surface area contributed by atoms with E-state index < -0.39 is 11.8 Å². The van der Waals surface area contributed by atoms with Crippen molar-refractivity contribution in [3.63, 3.8) is 0 Å². The van der Waals surface area contributed by atoms with Crippen molar-refractivity contribution in [3.05, 3.63) is 0 Å². The number of carbonyl (C=O) groups is 2. The first-order chi connectivity index (χ1) is 10.0. The van der Waals surface area contributed by atoms with Crippen molar-refractivity contribution < 1.29 is 29.3 Å². The second-order valence-corrected chi connectivity index (χ2v) is 5.50. The summed E-state index contributed by atoms with van der Waals surface area (Å²) in [6.45, 7) is 0.605. The second-order valence-electron chi connectivity index (χ2n) is 5.50. The molecule has 122 valence electrons. The molecule has 0 aromatic carbocycles. The van der Waals surface area contributed by atoms with Gasteiger partial charge in [0.2, 0.25) is 0 Å². The third-order valence-electron chi connectivity index (χ3n) is 3.52. The lowest BCUT2D eigenvalue weighted by atomic mass is 10.1. The van der Waals surface area contributed by atoms with Crippen LogP contribution >= 0.6 is 0 Å². The van der Waals surface area contributed by atoms with E-state index in [-0.39, 0.29) is 31.8 Å². The Labute approximate surface area is 125 Å². The zero-order chi connectivity index (χ0) is 15.6. The summed E-state index contributed by atoms with van der Waals surface area (Å²) in [4.78, 5) is 22.9. The Morgan fingerprint density at radius 1 is 0.762 bits per heavy atom. The van der Waals surface area contributed by atoms with E-state index in [2.05, 4.69) is 0 Å². The van der Waals surface area contributed by atoms with Crippen LogP contribution < -0.4 is 0 Å². The molecule has 6 nitrogen and oxygen atoms in total. The highest BCUT2D eigenvalue weighted by molar-refractivity contribution is 5.77. The van der Waals surface area contributed by atoms with E-state index in [9.17, 15) is 19.8 Å². The van der Waals surface area contributed by atoms with Gasteiger partial charge in [0, 0.05) is 12.8 Å². The predicted molar refractivity (Wildman–Crippen MR) is 75.3 cm³/mol. The number of esters is 2. The smallest absolute Gasteiger partial charge is 0.366 e. The molecule has 0 saturated carbocycles. The van der Waals surface area contributed by atoms with Crippen LogP contribution in [-0.4, -0.2) is 41.2 Å². The van der Waals surface area contributed by atoms with Gasteiger partial charge >= 0.3 is 11.9 Å².